The Hall–Kier alpha value is -1.11. The minimum Gasteiger partial charge on any atom is -0.214 e. The van der Waals surface area contributed by atoms with Gasteiger partial charge in [-0.05, 0) is 19.3 Å². The molecule has 0 radical (unpaired) electrons. The van der Waals surface area contributed by atoms with Crippen LogP contribution in [0.1, 0.15) is 58.3 Å². The van der Waals surface area contributed by atoms with Gasteiger partial charge in [-0.15, -0.1) is 0 Å². The zero-order valence-corrected chi connectivity index (χ0v) is 12.4. The second-order valence-electron chi connectivity index (χ2n) is 4.52. The average Bonchev–Trinajstić information content (AvgIpc) is 2.38. The van der Waals surface area contributed by atoms with Gasteiger partial charge in [-0.25, -0.2) is 13.1 Å². The molecule has 6 heteroatoms. The summed E-state index contributed by atoms with van der Waals surface area (Å²) in [6.45, 7) is 2.38. The van der Waals surface area contributed by atoms with E-state index in [1.165, 1.54) is 0 Å². The maximum atomic E-state index is 11.9. The number of nitrogens with one attached hydrogen (secondary N) is 1. The Kier molecular flexibility index (Phi) is 10.1. The van der Waals surface area contributed by atoms with Crippen LogP contribution in [0, 0.1) is 22.7 Å². The summed E-state index contributed by atoms with van der Waals surface area (Å²) in [5.74, 6) is 0. The first-order chi connectivity index (χ1) is 9.08. The van der Waals surface area contributed by atoms with Gasteiger partial charge in [-0.3, -0.25) is 0 Å². The first kappa shape index (κ1) is 17.9. The molecule has 0 bridgehead atoms. The average molecular weight is 285 g/mol. The molecule has 0 aliphatic carbocycles. The van der Waals surface area contributed by atoms with Crippen molar-refractivity contribution in [3.8, 4) is 12.1 Å². The fraction of sp³-hybridized carbons (Fsp3) is 0.846. The highest BCUT2D eigenvalue weighted by Gasteiger charge is 2.23. The lowest BCUT2D eigenvalue weighted by atomic mass is 10.2. The zero-order valence-electron chi connectivity index (χ0n) is 11.6. The molecule has 0 aromatic carbocycles. The number of sulfonamides is 1. The van der Waals surface area contributed by atoms with E-state index in [2.05, 4.69) is 4.72 Å². The normalized spacial score (nSPS) is 12.6. The summed E-state index contributed by atoms with van der Waals surface area (Å²) >= 11 is 0. The van der Waals surface area contributed by atoms with Crippen molar-refractivity contribution in [3.05, 3.63) is 0 Å². The lowest BCUT2D eigenvalue weighted by Gasteiger charge is -2.11. The molecule has 5 nitrogen and oxygen atoms in total. The van der Waals surface area contributed by atoms with Gasteiger partial charge in [0.05, 0.1) is 12.1 Å². The number of rotatable bonds is 11. The summed E-state index contributed by atoms with van der Waals surface area (Å²) in [5, 5.41) is 16.3. The van der Waals surface area contributed by atoms with E-state index in [9.17, 15) is 8.42 Å². The van der Waals surface area contributed by atoms with Crippen LogP contribution in [0.2, 0.25) is 0 Å². The summed E-state index contributed by atoms with van der Waals surface area (Å²) < 4.78 is 26.2. The summed E-state index contributed by atoms with van der Waals surface area (Å²) in [7, 11) is -3.52. The molecule has 1 N–H and O–H groups in total. The standard InChI is InChI=1S/C13H23N3O2S/c1-2-3-6-9-13(12-15)19(17,18)16-11-8-5-4-7-10-14/h13,16H,2-9,11H2,1H3. The molecule has 0 heterocycles. The lowest BCUT2D eigenvalue weighted by molar-refractivity contribution is 0.558. The Morgan fingerprint density at radius 2 is 1.84 bits per heavy atom. The molecule has 0 saturated carbocycles. The number of nitrogens with zero attached hydrogens (tertiary/aromatic N) is 2. The minimum atomic E-state index is -3.52. The molecule has 1 atom stereocenters. The van der Waals surface area contributed by atoms with Gasteiger partial charge < -0.3 is 0 Å². The molecule has 0 aliphatic heterocycles. The van der Waals surface area contributed by atoms with Crippen LogP contribution in [0.5, 0.6) is 0 Å². The van der Waals surface area contributed by atoms with Gasteiger partial charge in [-0.1, -0.05) is 32.6 Å². The number of hydrogen-bond acceptors (Lipinski definition) is 4. The van der Waals surface area contributed by atoms with Gasteiger partial charge in [0.25, 0.3) is 0 Å². The van der Waals surface area contributed by atoms with Gasteiger partial charge in [0.2, 0.25) is 10.0 Å². The van der Waals surface area contributed by atoms with E-state index in [0.717, 1.165) is 32.1 Å². The van der Waals surface area contributed by atoms with Crippen molar-refractivity contribution in [1.29, 1.82) is 10.5 Å². The van der Waals surface area contributed by atoms with E-state index in [0.29, 0.717) is 25.8 Å². The second-order valence-corrected chi connectivity index (χ2v) is 6.47. The predicted octanol–water partition coefficient (Wildman–Crippen LogP) is 2.46. The van der Waals surface area contributed by atoms with Crippen molar-refractivity contribution in [2.45, 2.75) is 63.5 Å². The van der Waals surface area contributed by atoms with Gasteiger partial charge >= 0.3 is 0 Å². The number of hydrogen-bond donors (Lipinski definition) is 1. The second kappa shape index (κ2) is 10.8. The Labute approximate surface area is 116 Å². The van der Waals surface area contributed by atoms with Gasteiger partial charge in [0.15, 0.2) is 5.25 Å². The smallest absolute Gasteiger partial charge is 0.214 e. The maximum absolute atomic E-state index is 11.9. The van der Waals surface area contributed by atoms with Crippen molar-refractivity contribution in [2.24, 2.45) is 0 Å². The van der Waals surface area contributed by atoms with Crippen LogP contribution in [0.4, 0.5) is 0 Å². The number of unbranched alkanes of at least 4 members (excludes halogenated alkanes) is 5. The molecule has 19 heavy (non-hydrogen) atoms. The molecule has 0 rings (SSSR count). The van der Waals surface area contributed by atoms with Crippen molar-refractivity contribution in [2.75, 3.05) is 6.54 Å². The molecule has 0 aliphatic rings. The van der Waals surface area contributed by atoms with E-state index in [-0.39, 0.29) is 0 Å². The van der Waals surface area contributed by atoms with Crippen molar-refractivity contribution >= 4 is 10.0 Å². The third-order valence-corrected chi connectivity index (χ3v) is 4.55. The van der Waals surface area contributed by atoms with Crippen molar-refractivity contribution in [1.82, 2.24) is 4.72 Å². The highest BCUT2D eigenvalue weighted by Crippen LogP contribution is 2.10. The van der Waals surface area contributed by atoms with Crippen LogP contribution in [0.25, 0.3) is 0 Å². The Balaban J connectivity index is 4.00. The van der Waals surface area contributed by atoms with Crippen LogP contribution in [0.3, 0.4) is 0 Å². The SMILES string of the molecule is CCCCCC(C#N)S(=O)(=O)NCCCCCC#N. The van der Waals surface area contributed by atoms with Crippen molar-refractivity contribution in [3.63, 3.8) is 0 Å². The van der Waals surface area contributed by atoms with E-state index < -0.39 is 15.3 Å². The van der Waals surface area contributed by atoms with E-state index >= 15 is 0 Å². The molecule has 1 unspecified atom stereocenters. The summed E-state index contributed by atoms with van der Waals surface area (Å²) in [6, 6.07) is 3.92. The van der Waals surface area contributed by atoms with E-state index in [4.69, 9.17) is 10.5 Å². The van der Waals surface area contributed by atoms with E-state index in [1.807, 2.05) is 19.1 Å². The molecule has 108 valence electrons. The molecule has 0 amide bonds. The van der Waals surface area contributed by atoms with Crippen LogP contribution < -0.4 is 4.72 Å². The van der Waals surface area contributed by atoms with Gasteiger partial charge in [-0.2, -0.15) is 10.5 Å². The summed E-state index contributed by atoms with van der Waals surface area (Å²) in [5.41, 5.74) is 0. The molecular weight excluding hydrogens is 262 g/mol. The monoisotopic (exact) mass is 285 g/mol. The zero-order chi connectivity index (χ0) is 14.6. The summed E-state index contributed by atoms with van der Waals surface area (Å²) in [4.78, 5) is 0. The third kappa shape index (κ3) is 8.58. The van der Waals surface area contributed by atoms with Crippen LogP contribution in [-0.4, -0.2) is 20.2 Å². The Morgan fingerprint density at radius 1 is 1.11 bits per heavy atom. The van der Waals surface area contributed by atoms with E-state index in [1.54, 1.807) is 0 Å². The summed E-state index contributed by atoms with van der Waals surface area (Å²) in [6.07, 6.45) is 5.93. The Morgan fingerprint density at radius 3 is 2.42 bits per heavy atom. The van der Waals surface area contributed by atoms with Crippen LogP contribution in [-0.2, 0) is 10.0 Å². The molecule has 0 aromatic heterocycles. The topological polar surface area (TPSA) is 93.8 Å². The minimum absolute atomic E-state index is 0.347. The highest BCUT2D eigenvalue weighted by molar-refractivity contribution is 7.90. The van der Waals surface area contributed by atoms with Crippen LogP contribution in [0.15, 0.2) is 0 Å². The highest BCUT2D eigenvalue weighted by atomic mass is 32.2. The predicted molar refractivity (Wildman–Crippen MR) is 74.5 cm³/mol. The van der Waals surface area contributed by atoms with Crippen LogP contribution >= 0.6 is 0 Å². The quantitative estimate of drug-likeness (QED) is 0.590. The molecule has 0 spiro atoms. The number of nitriles is 2. The first-order valence-corrected chi connectivity index (χ1v) is 8.38. The maximum Gasteiger partial charge on any atom is 0.227 e. The largest absolute Gasteiger partial charge is 0.227 e. The lowest BCUT2D eigenvalue weighted by Crippen LogP contribution is -2.34. The third-order valence-electron chi connectivity index (χ3n) is 2.86. The molecule has 0 aromatic rings. The fourth-order valence-electron chi connectivity index (χ4n) is 1.69. The Bertz CT molecular complexity index is 407. The van der Waals surface area contributed by atoms with Crippen molar-refractivity contribution < 1.29 is 8.42 Å². The first-order valence-electron chi connectivity index (χ1n) is 6.83. The van der Waals surface area contributed by atoms with Gasteiger partial charge in [0.1, 0.15) is 0 Å². The molecule has 0 fully saturated rings. The molecule has 0 saturated heterocycles. The fourth-order valence-corrected chi connectivity index (χ4v) is 2.94. The molecular formula is C13H23N3O2S. The van der Waals surface area contributed by atoms with Gasteiger partial charge in [0, 0.05) is 13.0 Å².